The zero-order valence-electron chi connectivity index (χ0n) is 16.3. The van der Waals surface area contributed by atoms with Gasteiger partial charge in [0.1, 0.15) is 23.0 Å². The van der Waals surface area contributed by atoms with Crippen LogP contribution in [0.3, 0.4) is 0 Å². The third kappa shape index (κ3) is 4.22. The number of nitrogens with zero attached hydrogens (tertiary/aromatic N) is 2. The number of nitrogens with one attached hydrogen (secondary N) is 1. The van der Waals surface area contributed by atoms with Crippen LogP contribution in [0.1, 0.15) is 11.4 Å². The molecule has 158 valence electrons. The van der Waals surface area contributed by atoms with Crippen molar-refractivity contribution in [2.75, 3.05) is 25.3 Å². The molecule has 1 aromatic heterocycles. The SMILES string of the molecule is COc1ccc(Nc2nc(C)nc(-c3ccc(C(F)(F)F)cc3F)c2N)cc1OC. The van der Waals surface area contributed by atoms with Crippen LogP contribution in [-0.4, -0.2) is 24.2 Å². The molecule has 0 aliphatic rings. The van der Waals surface area contributed by atoms with E-state index in [-0.39, 0.29) is 28.6 Å². The summed E-state index contributed by atoms with van der Waals surface area (Å²) in [5.74, 6) is 0.306. The van der Waals surface area contributed by atoms with E-state index in [2.05, 4.69) is 15.3 Å². The van der Waals surface area contributed by atoms with E-state index in [4.69, 9.17) is 15.2 Å². The highest BCUT2D eigenvalue weighted by Gasteiger charge is 2.31. The van der Waals surface area contributed by atoms with Crippen molar-refractivity contribution in [1.29, 1.82) is 0 Å². The first-order valence-electron chi connectivity index (χ1n) is 8.64. The molecule has 0 amide bonds. The maximum Gasteiger partial charge on any atom is 0.416 e. The van der Waals surface area contributed by atoms with Crippen LogP contribution < -0.4 is 20.5 Å². The van der Waals surface area contributed by atoms with Crippen LogP contribution in [0, 0.1) is 12.7 Å². The van der Waals surface area contributed by atoms with Crippen molar-refractivity contribution in [2.45, 2.75) is 13.1 Å². The lowest BCUT2D eigenvalue weighted by atomic mass is 10.1. The molecule has 0 fully saturated rings. The first-order valence-corrected chi connectivity index (χ1v) is 8.64. The van der Waals surface area contributed by atoms with Gasteiger partial charge in [-0.1, -0.05) is 0 Å². The molecule has 0 atom stereocenters. The van der Waals surface area contributed by atoms with Crippen LogP contribution in [0.5, 0.6) is 11.5 Å². The van der Waals surface area contributed by atoms with Gasteiger partial charge in [0.15, 0.2) is 17.3 Å². The molecule has 10 heteroatoms. The van der Waals surface area contributed by atoms with Crippen molar-refractivity contribution in [3.05, 3.63) is 53.6 Å². The van der Waals surface area contributed by atoms with Crippen molar-refractivity contribution in [2.24, 2.45) is 0 Å². The van der Waals surface area contributed by atoms with Crippen LogP contribution in [-0.2, 0) is 6.18 Å². The Kier molecular flexibility index (Phi) is 5.68. The van der Waals surface area contributed by atoms with E-state index in [1.807, 2.05) is 0 Å². The highest BCUT2D eigenvalue weighted by atomic mass is 19.4. The molecular formula is C20H18F4N4O2. The third-order valence-corrected chi connectivity index (χ3v) is 4.26. The average molecular weight is 422 g/mol. The normalized spacial score (nSPS) is 11.3. The van der Waals surface area contributed by atoms with E-state index in [9.17, 15) is 17.6 Å². The molecule has 0 spiro atoms. The molecule has 0 aliphatic heterocycles. The number of hydrogen-bond donors (Lipinski definition) is 2. The average Bonchev–Trinajstić information content (AvgIpc) is 2.69. The van der Waals surface area contributed by atoms with E-state index >= 15 is 0 Å². The van der Waals surface area contributed by atoms with Crippen LogP contribution in [0.15, 0.2) is 36.4 Å². The Labute approximate surface area is 169 Å². The minimum absolute atomic E-state index is 0.0169. The summed E-state index contributed by atoms with van der Waals surface area (Å²) in [6.07, 6.45) is -4.66. The summed E-state index contributed by atoms with van der Waals surface area (Å²) in [7, 11) is 2.98. The smallest absolute Gasteiger partial charge is 0.416 e. The number of methoxy groups -OCH3 is 2. The summed E-state index contributed by atoms with van der Waals surface area (Å²) in [5.41, 5.74) is 5.37. The van der Waals surface area contributed by atoms with Gasteiger partial charge in [-0.2, -0.15) is 13.2 Å². The number of alkyl halides is 3. The number of aromatic nitrogens is 2. The predicted octanol–water partition coefficient (Wildman–Crippen LogP) is 4.95. The van der Waals surface area contributed by atoms with Crippen molar-refractivity contribution >= 4 is 17.2 Å². The second kappa shape index (κ2) is 8.05. The second-order valence-corrected chi connectivity index (χ2v) is 6.27. The number of aryl methyl sites for hydroxylation is 1. The van der Waals surface area contributed by atoms with Gasteiger partial charge in [-0.05, 0) is 37.3 Å². The highest BCUT2D eigenvalue weighted by molar-refractivity contribution is 5.83. The number of benzene rings is 2. The number of hydrogen-bond acceptors (Lipinski definition) is 6. The van der Waals surface area contributed by atoms with E-state index in [1.54, 1.807) is 25.1 Å². The zero-order chi connectivity index (χ0) is 22.1. The topological polar surface area (TPSA) is 82.3 Å². The van der Waals surface area contributed by atoms with Gasteiger partial charge in [-0.3, -0.25) is 0 Å². The molecule has 6 nitrogen and oxygen atoms in total. The third-order valence-electron chi connectivity index (χ3n) is 4.26. The van der Waals surface area contributed by atoms with E-state index in [0.29, 0.717) is 23.3 Å². The van der Waals surface area contributed by atoms with Gasteiger partial charge >= 0.3 is 6.18 Å². The fourth-order valence-corrected chi connectivity index (χ4v) is 2.82. The van der Waals surface area contributed by atoms with E-state index in [1.165, 1.54) is 14.2 Å². The quantitative estimate of drug-likeness (QED) is 0.566. The summed E-state index contributed by atoms with van der Waals surface area (Å²) < 4.78 is 63.3. The predicted molar refractivity (Wildman–Crippen MR) is 104 cm³/mol. The summed E-state index contributed by atoms with van der Waals surface area (Å²) >= 11 is 0. The van der Waals surface area contributed by atoms with Gasteiger partial charge in [-0.25, -0.2) is 14.4 Å². The molecule has 0 unspecified atom stereocenters. The first kappa shape index (κ1) is 21.2. The fraction of sp³-hybridized carbons (Fsp3) is 0.200. The summed E-state index contributed by atoms with van der Waals surface area (Å²) in [5, 5.41) is 2.99. The van der Waals surface area contributed by atoms with Crippen molar-refractivity contribution < 1.29 is 27.0 Å². The highest BCUT2D eigenvalue weighted by Crippen LogP contribution is 2.37. The van der Waals surface area contributed by atoms with Crippen LogP contribution in [0.25, 0.3) is 11.3 Å². The Morgan fingerprint density at radius 2 is 1.67 bits per heavy atom. The van der Waals surface area contributed by atoms with Gasteiger partial charge in [0.25, 0.3) is 0 Å². The molecule has 0 bridgehead atoms. The summed E-state index contributed by atoms with van der Waals surface area (Å²) in [6.45, 7) is 1.56. The number of rotatable bonds is 5. The van der Waals surface area contributed by atoms with Gasteiger partial charge in [0, 0.05) is 17.3 Å². The molecule has 3 N–H and O–H groups in total. The van der Waals surface area contributed by atoms with Crippen molar-refractivity contribution in [3.8, 4) is 22.8 Å². The zero-order valence-corrected chi connectivity index (χ0v) is 16.3. The Balaban J connectivity index is 2.03. The molecule has 0 saturated heterocycles. The fourth-order valence-electron chi connectivity index (χ4n) is 2.82. The van der Waals surface area contributed by atoms with Gasteiger partial charge in [0.2, 0.25) is 0 Å². The molecule has 30 heavy (non-hydrogen) atoms. The van der Waals surface area contributed by atoms with Gasteiger partial charge in [-0.15, -0.1) is 0 Å². The number of halogens is 4. The maximum absolute atomic E-state index is 14.5. The van der Waals surface area contributed by atoms with Crippen LogP contribution in [0.4, 0.5) is 34.8 Å². The molecule has 2 aromatic carbocycles. The molecule has 1 heterocycles. The van der Waals surface area contributed by atoms with Crippen molar-refractivity contribution in [1.82, 2.24) is 9.97 Å². The lowest BCUT2D eigenvalue weighted by Gasteiger charge is -2.15. The van der Waals surface area contributed by atoms with Crippen molar-refractivity contribution in [3.63, 3.8) is 0 Å². The van der Waals surface area contributed by atoms with Gasteiger partial charge in [0.05, 0.1) is 19.8 Å². The lowest BCUT2D eigenvalue weighted by Crippen LogP contribution is -2.08. The largest absolute Gasteiger partial charge is 0.493 e. The Morgan fingerprint density at radius 1 is 0.967 bits per heavy atom. The molecular weight excluding hydrogens is 404 g/mol. The maximum atomic E-state index is 14.5. The minimum Gasteiger partial charge on any atom is -0.493 e. The minimum atomic E-state index is -4.66. The first-order chi connectivity index (χ1) is 14.1. The molecule has 0 radical (unpaired) electrons. The number of nitrogens with two attached hydrogens (primary N) is 1. The van der Waals surface area contributed by atoms with E-state index in [0.717, 1.165) is 12.1 Å². The van der Waals surface area contributed by atoms with Crippen LogP contribution in [0.2, 0.25) is 0 Å². The summed E-state index contributed by atoms with van der Waals surface area (Å²) in [4.78, 5) is 8.33. The Morgan fingerprint density at radius 3 is 2.27 bits per heavy atom. The van der Waals surface area contributed by atoms with E-state index < -0.39 is 17.6 Å². The standard InChI is InChI=1S/C20H18F4N4O2/c1-10-26-18(13-6-4-11(8-14(13)21)20(22,23)24)17(25)19(27-10)28-12-5-7-15(29-2)16(9-12)30-3/h4-9H,25H2,1-3H3,(H,26,27,28). The van der Waals surface area contributed by atoms with Crippen LogP contribution >= 0.6 is 0 Å². The molecule has 3 rings (SSSR count). The number of ether oxygens (including phenoxy) is 2. The summed E-state index contributed by atoms with van der Waals surface area (Å²) in [6, 6.07) is 7.19. The lowest BCUT2D eigenvalue weighted by molar-refractivity contribution is -0.137. The molecule has 0 aliphatic carbocycles. The second-order valence-electron chi connectivity index (χ2n) is 6.27. The van der Waals surface area contributed by atoms with Gasteiger partial charge < -0.3 is 20.5 Å². The Bertz CT molecular complexity index is 1090. The molecule has 0 saturated carbocycles. The Hall–Kier alpha value is -3.56. The monoisotopic (exact) mass is 422 g/mol. The number of anilines is 3. The number of nitrogen functional groups attached to an aromatic ring is 1. The molecule has 3 aromatic rings.